The monoisotopic (exact) mass is 694 g/mol. The maximum absolute atomic E-state index is 14.6. The van der Waals surface area contributed by atoms with Crippen LogP contribution in [0.2, 0.25) is 0 Å². The van der Waals surface area contributed by atoms with Gasteiger partial charge in [-0.2, -0.15) is 4.98 Å². The number of nitrogens with zero attached hydrogens (tertiary/aromatic N) is 10. The van der Waals surface area contributed by atoms with Crippen molar-refractivity contribution in [3.05, 3.63) is 164 Å². The van der Waals surface area contributed by atoms with Crippen molar-refractivity contribution in [3.63, 3.8) is 0 Å². The first-order chi connectivity index (χ1) is 24.8. The van der Waals surface area contributed by atoms with E-state index in [1.165, 1.54) is 4.57 Å². The van der Waals surface area contributed by atoms with Gasteiger partial charge in [0.15, 0.2) is 0 Å². The predicted molar refractivity (Wildman–Crippen MR) is 199 cm³/mol. The summed E-state index contributed by atoms with van der Waals surface area (Å²) < 4.78 is 16.0. The highest BCUT2D eigenvalue weighted by atomic mass is 31.2. The fourth-order valence-corrected chi connectivity index (χ4v) is 7.57. The smallest absolute Gasteiger partial charge is 0.263 e. The molecule has 0 radical (unpaired) electrons. The third-order valence-electron chi connectivity index (χ3n) is 8.12. The lowest BCUT2D eigenvalue weighted by Gasteiger charge is -2.20. The maximum Gasteiger partial charge on any atom is 0.263 e. The van der Waals surface area contributed by atoms with E-state index in [2.05, 4.69) is 40.4 Å². The van der Waals surface area contributed by atoms with Crippen LogP contribution < -0.4 is 26.8 Å². The minimum absolute atomic E-state index is 0.185. The second-order valence-corrected chi connectivity index (χ2v) is 13.7. The summed E-state index contributed by atoms with van der Waals surface area (Å²) in [5, 5.41) is 10.7. The van der Waals surface area contributed by atoms with E-state index in [1.54, 1.807) is 73.9 Å². The molecule has 0 saturated carbocycles. The van der Waals surface area contributed by atoms with Crippen LogP contribution in [0.1, 0.15) is 24.1 Å². The van der Waals surface area contributed by atoms with E-state index in [-0.39, 0.29) is 29.4 Å². The number of rotatable bonds is 12. The first-order valence-electron chi connectivity index (χ1n) is 15.8. The summed E-state index contributed by atoms with van der Waals surface area (Å²) >= 11 is 0. The lowest BCUT2D eigenvalue weighted by Crippen LogP contribution is -2.26. The van der Waals surface area contributed by atoms with Crippen LogP contribution in [-0.4, -0.2) is 19.5 Å². The normalized spacial score (nSPS) is 12.4. The van der Waals surface area contributed by atoms with Crippen LogP contribution >= 0.6 is 7.29 Å². The van der Waals surface area contributed by atoms with Crippen molar-refractivity contribution in [2.75, 3.05) is 10.6 Å². The maximum atomic E-state index is 14.6. The van der Waals surface area contributed by atoms with Crippen LogP contribution in [0.3, 0.4) is 0 Å². The number of hydrogen-bond donors (Lipinski definition) is 2. The molecule has 6 rings (SSSR count). The van der Waals surface area contributed by atoms with Crippen molar-refractivity contribution in [2.24, 2.45) is 17.0 Å². The van der Waals surface area contributed by atoms with Crippen molar-refractivity contribution < 1.29 is 4.57 Å². The van der Waals surface area contributed by atoms with Crippen molar-refractivity contribution in [1.29, 1.82) is 0 Å². The molecule has 0 bridgehead atoms. The average Bonchev–Trinajstić information content (AvgIpc) is 3.17. The molecule has 0 fully saturated rings. The Bertz CT molecular complexity index is 2410. The zero-order valence-electron chi connectivity index (χ0n) is 27.6. The van der Waals surface area contributed by atoms with Crippen LogP contribution in [0.15, 0.2) is 136 Å². The molecule has 2 N–H and O–H groups in total. The standard InChI is InChI=1S/C36H31N12O2P/c1-24(27-15-11-12-25(22-27)23-40-45-37)41-35-39-21-20-31(42-35)43-36-44-33(26-13-5-3-6-14-26)32(34(49)48(36)2)29-18-9-10-19-30(29)51(50,47-46-38)28-16-7-4-8-17-28/h3-22,24H,23H2,1-2H3,(H2,39,41,42,43,44). The van der Waals surface area contributed by atoms with E-state index < -0.39 is 12.9 Å². The first-order valence-corrected chi connectivity index (χ1v) is 17.4. The molecule has 51 heavy (non-hydrogen) atoms. The average molecular weight is 695 g/mol. The van der Waals surface area contributed by atoms with Crippen molar-refractivity contribution in [2.45, 2.75) is 19.5 Å². The van der Waals surface area contributed by atoms with Crippen LogP contribution in [-0.2, 0) is 18.2 Å². The molecule has 0 aliphatic heterocycles. The van der Waals surface area contributed by atoms with Crippen molar-refractivity contribution in [3.8, 4) is 22.4 Å². The fraction of sp³-hybridized carbons (Fsp3) is 0.111. The molecule has 2 unspecified atom stereocenters. The summed E-state index contributed by atoms with van der Waals surface area (Å²) in [5.41, 5.74) is 21.1. The number of anilines is 3. The minimum Gasteiger partial charge on any atom is -0.348 e. The Morgan fingerprint density at radius 3 is 2.35 bits per heavy atom. The van der Waals surface area contributed by atoms with Crippen LogP contribution in [0.25, 0.3) is 43.3 Å². The first kappa shape index (κ1) is 34.2. The SMILES string of the molecule is CC(Nc1nccc(Nc2nc(-c3ccccc3)c(-c3ccccc3P(=O)(N=[N+]=[N-])c3ccccc3)c(=O)n2C)n1)c1cccc(CN=[N+]=[N-])c1. The molecule has 252 valence electrons. The van der Waals surface area contributed by atoms with E-state index in [4.69, 9.17) is 10.5 Å². The third kappa shape index (κ3) is 7.34. The van der Waals surface area contributed by atoms with Crippen molar-refractivity contribution >= 4 is 35.6 Å². The molecule has 0 spiro atoms. The van der Waals surface area contributed by atoms with Gasteiger partial charge < -0.3 is 15.2 Å². The van der Waals surface area contributed by atoms with E-state index in [0.29, 0.717) is 33.9 Å². The summed E-state index contributed by atoms with van der Waals surface area (Å²) in [6, 6.07) is 33.6. The number of nitrogens with one attached hydrogen (secondary N) is 2. The highest BCUT2D eigenvalue weighted by Crippen LogP contribution is 2.48. The zero-order chi connectivity index (χ0) is 35.8. The molecule has 0 amide bonds. The second kappa shape index (κ2) is 15.2. The molecule has 2 atom stereocenters. The Morgan fingerprint density at radius 2 is 1.61 bits per heavy atom. The molecular weight excluding hydrogens is 663 g/mol. The Hall–Kier alpha value is -6.71. The van der Waals surface area contributed by atoms with E-state index in [1.807, 2.05) is 61.5 Å². The Kier molecular flexibility index (Phi) is 10.2. The van der Waals surface area contributed by atoms with E-state index in [9.17, 15) is 14.9 Å². The van der Waals surface area contributed by atoms with Gasteiger partial charge in [0, 0.05) is 44.8 Å². The van der Waals surface area contributed by atoms with Gasteiger partial charge in [0.05, 0.1) is 23.8 Å². The molecule has 2 aromatic heterocycles. The van der Waals surface area contributed by atoms with Gasteiger partial charge in [-0.05, 0) is 40.1 Å². The van der Waals surface area contributed by atoms with Gasteiger partial charge >= 0.3 is 0 Å². The van der Waals surface area contributed by atoms with Gasteiger partial charge in [0.1, 0.15) is 5.82 Å². The molecule has 0 aliphatic rings. The number of benzene rings is 4. The van der Waals surface area contributed by atoms with E-state index >= 15 is 0 Å². The van der Waals surface area contributed by atoms with Gasteiger partial charge in [0.25, 0.3) is 5.56 Å². The predicted octanol–water partition coefficient (Wildman–Crippen LogP) is 8.17. The Labute approximate surface area is 292 Å². The summed E-state index contributed by atoms with van der Waals surface area (Å²) in [6.45, 7) is 2.21. The Morgan fingerprint density at radius 1 is 0.882 bits per heavy atom. The molecule has 6 aromatic rings. The quantitative estimate of drug-likeness (QED) is 0.0556. The summed E-state index contributed by atoms with van der Waals surface area (Å²) in [6.07, 6.45) is 1.58. The molecule has 0 saturated heterocycles. The highest BCUT2D eigenvalue weighted by Gasteiger charge is 2.31. The summed E-state index contributed by atoms with van der Waals surface area (Å²) in [5.74, 6) is 0.912. The van der Waals surface area contributed by atoms with Gasteiger partial charge in [-0.1, -0.05) is 114 Å². The van der Waals surface area contributed by atoms with Crippen molar-refractivity contribution in [1.82, 2.24) is 19.5 Å². The van der Waals surface area contributed by atoms with Gasteiger partial charge in [-0.3, -0.25) is 9.36 Å². The Balaban J connectivity index is 1.41. The molecular formula is C36H31N12O2P. The van der Waals surface area contributed by atoms with Crippen LogP contribution in [0.5, 0.6) is 0 Å². The summed E-state index contributed by atoms with van der Waals surface area (Å²) in [7, 11) is -2.34. The molecule has 15 heteroatoms. The molecule has 0 aliphatic carbocycles. The lowest BCUT2D eigenvalue weighted by molar-refractivity contribution is 0.588. The van der Waals surface area contributed by atoms with Crippen LogP contribution in [0.4, 0.5) is 17.7 Å². The number of hydrogen-bond acceptors (Lipinski definition) is 8. The third-order valence-corrected chi connectivity index (χ3v) is 10.5. The largest absolute Gasteiger partial charge is 0.348 e. The molecule has 14 nitrogen and oxygen atoms in total. The fourth-order valence-electron chi connectivity index (χ4n) is 5.60. The highest BCUT2D eigenvalue weighted by molar-refractivity contribution is 7.77. The number of azide groups is 2. The van der Waals surface area contributed by atoms with E-state index in [0.717, 1.165) is 11.1 Å². The molecule has 4 aromatic carbocycles. The number of aromatic nitrogens is 4. The zero-order valence-corrected chi connectivity index (χ0v) is 28.5. The minimum atomic E-state index is -3.91. The molecule has 2 heterocycles. The van der Waals surface area contributed by atoms with Crippen LogP contribution in [0, 0.1) is 0 Å². The van der Waals surface area contributed by atoms with Gasteiger partial charge in [-0.15, -0.1) is 0 Å². The summed E-state index contributed by atoms with van der Waals surface area (Å²) in [4.78, 5) is 38.0. The lowest BCUT2D eigenvalue weighted by atomic mass is 10.0. The van der Waals surface area contributed by atoms with Gasteiger partial charge in [0.2, 0.25) is 19.2 Å². The second-order valence-electron chi connectivity index (χ2n) is 11.4. The topological polar surface area (TPSA) is 199 Å². The van der Waals surface area contributed by atoms with Gasteiger partial charge in [-0.25, -0.2) is 9.97 Å².